The number of aryl methyl sites for hydroxylation is 2. The zero-order chi connectivity index (χ0) is 14.2. The summed E-state index contributed by atoms with van der Waals surface area (Å²) in [5, 5.41) is 13.3. The molecule has 1 heterocycles. The summed E-state index contributed by atoms with van der Waals surface area (Å²) < 4.78 is 15.2. The van der Waals surface area contributed by atoms with E-state index in [0.717, 1.165) is 0 Å². The number of rotatable bonds is 3. The van der Waals surface area contributed by atoms with Gasteiger partial charge in [0.25, 0.3) is 0 Å². The number of hydrogen-bond donors (Lipinski definition) is 1. The minimum Gasteiger partial charge on any atom is -0.477 e. The summed E-state index contributed by atoms with van der Waals surface area (Å²) in [5.41, 5.74) is 0.773. The van der Waals surface area contributed by atoms with Gasteiger partial charge in [0.2, 0.25) is 0 Å². The van der Waals surface area contributed by atoms with Gasteiger partial charge in [-0.2, -0.15) is 5.10 Å². The largest absolute Gasteiger partial charge is 0.477 e. The van der Waals surface area contributed by atoms with Gasteiger partial charge >= 0.3 is 5.97 Å². The van der Waals surface area contributed by atoms with E-state index in [1.807, 2.05) is 0 Å². The van der Waals surface area contributed by atoms with Gasteiger partial charge in [-0.3, -0.25) is 4.68 Å². The molecule has 0 fully saturated rings. The maximum atomic E-state index is 13.8. The predicted molar refractivity (Wildman–Crippen MR) is 69.4 cm³/mol. The van der Waals surface area contributed by atoms with E-state index in [-0.39, 0.29) is 5.56 Å². The maximum Gasteiger partial charge on any atom is 0.341 e. The number of para-hydroxylation sites is 1. The smallest absolute Gasteiger partial charge is 0.341 e. The molecule has 0 bridgehead atoms. The number of nitrogens with zero attached hydrogens (tertiary/aromatic N) is 3. The molecule has 0 amide bonds. The number of anilines is 2. The molecule has 0 radical (unpaired) electrons. The fourth-order valence-corrected chi connectivity index (χ4v) is 2.12. The molecule has 0 unspecified atom stereocenters. The standard InChI is InChI=1S/C13H14FN3O2/c1-8-11(13(18)19)12(17(3)15-8)16(2)10-7-5-4-6-9(10)14/h4-7H,1-3H3,(H,18,19). The van der Waals surface area contributed by atoms with E-state index in [4.69, 9.17) is 0 Å². The Balaban J connectivity index is 2.59. The van der Waals surface area contributed by atoms with Crippen molar-refractivity contribution in [3.63, 3.8) is 0 Å². The summed E-state index contributed by atoms with van der Waals surface area (Å²) in [4.78, 5) is 12.8. The van der Waals surface area contributed by atoms with E-state index < -0.39 is 11.8 Å². The zero-order valence-electron chi connectivity index (χ0n) is 10.9. The molecular formula is C13H14FN3O2. The number of hydrogen-bond acceptors (Lipinski definition) is 3. The van der Waals surface area contributed by atoms with Gasteiger partial charge in [0.15, 0.2) is 0 Å². The zero-order valence-corrected chi connectivity index (χ0v) is 10.9. The molecule has 1 aromatic carbocycles. The van der Waals surface area contributed by atoms with Crippen molar-refractivity contribution in [2.75, 3.05) is 11.9 Å². The van der Waals surface area contributed by atoms with Gasteiger partial charge in [-0.05, 0) is 19.1 Å². The Morgan fingerprint density at radius 2 is 2.05 bits per heavy atom. The monoisotopic (exact) mass is 263 g/mol. The summed E-state index contributed by atoms with van der Waals surface area (Å²) in [6.45, 7) is 1.61. The Morgan fingerprint density at radius 1 is 1.42 bits per heavy atom. The molecule has 0 spiro atoms. The highest BCUT2D eigenvalue weighted by Crippen LogP contribution is 2.30. The number of carboxylic acid groups (broad SMARTS) is 1. The number of carboxylic acids is 1. The van der Waals surface area contributed by atoms with Crippen molar-refractivity contribution in [1.82, 2.24) is 9.78 Å². The van der Waals surface area contributed by atoms with Gasteiger partial charge in [0, 0.05) is 14.1 Å². The molecular weight excluding hydrogens is 249 g/mol. The first-order chi connectivity index (χ1) is 8.93. The molecule has 19 heavy (non-hydrogen) atoms. The van der Waals surface area contributed by atoms with Crippen LogP contribution in [0, 0.1) is 12.7 Å². The van der Waals surface area contributed by atoms with E-state index in [0.29, 0.717) is 17.2 Å². The molecule has 0 saturated heterocycles. The fourth-order valence-electron chi connectivity index (χ4n) is 2.12. The van der Waals surface area contributed by atoms with E-state index in [1.165, 1.54) is 15.6 Å². The van der Waals surface area contributed by atoms with E-state index in [1.54, 1.807) is 39.2 Å². The minimum atomic E-state index is -1.08. The van der Waals surface area contributed by atoms with Crippen molar-refractivity contribution < 1.29 is 14.3 Å². The summed E-state index contributed by atoms with van der Waals surface area (Å²) in [7, 11) is 3.24. The topological polar surface area (TPSA) is 58.4 Å². The molecule has 1 aromatic heterocycles. The SMILES string of the molecule is Cc1nn(C)c(N(C)c2ccccc2F)c1C(=O)O. The van der Waals surface area contributed by atoms with Crippen LogP contribution in [0.2, 0.25) is 0 Å². The Bertz CT molecular complexity index is 637. The van der Waals surface area contributed by atoms with Crippen LogP contribution in [0.25, 0.3) is 0 Å². The maximum absolute atomic E-state index is 13.8. The lowest BCUT2D eigenvalue weighted by Gasteiger charge is -2.20. The second-order valence-corrected chi connectivity index (χ2v) is 4.22. The Hall–Kier alpha value is -2.37. The third kappa shape index (κ3) is 2.16. The molecule has 5 nitrogen and oxygen atoms in total. The number of halogens is 1. The lowest BCUT2D eigenvalue weighted by atomic mass is 10.2. The molecule has 0 aliphatic rings. The number of carbonyl (C=O) groups is 1. The second-order valence-electron chi connectivity index (χ2n) is 4.22. The molecule has 1 N–H and O–H groups in total. The molecule has 6 heteroatoms. The van der Waals surface area contributed by atoms with Crippen LogP contribution in [0.3, 0.4) is 0 Å². The highest BCUT2D eigenvalue weighted by Gasteiger charge is 2.24. The van der Waals surface area contributed by atoms with Crippen LogP contribution in [-0.2, 0) is 7.05 Å². The van der Waals surface area contributed by atoms with Crippen LogP contribution < -0.4 is 4.90 Å². The Labute approximate surface area is 109 Å². The quantitative estimate of drug-likeness (QED) is 0.923. The third-order valence-corrected chi connectivity index (χ3v) is 2.94. The summed E-state index contributed by atoms with van der Waals surface area (Å²) in [5.74, 6) is -1.15. The first-order valence-corrected chi connectivity index (χ1v) is 5.68. The van der Waals surface area contributed by atoms with Crippen molar-refractivity contribution in [2.45, 2.75) is 6.92 Å². The first-order valence-electron chi connectivity index (χ1n) is 5.68. The number of aromatic carboxylic acids is 1. The van der Waals surface area contributed by atoms with E-state index in [9.17, 15) is 14.3 Å². The Kier molecular flexibility index (Phi) is 3.25. The average molecular weight is 263 g/mol. The Morgan fingerprint density at radius 3 is 2.63 bits per heavy atom. The molecule has 2 rings (SSSR count). The average Bonchev–Trinajstić information content (AvgIpc) is 2.64. The molecule has 0 saturated carbocycles. The molecule has 0 aliphatic carbocycles. The number of aromatic nitrogens is 2. The lowest BCUT2D eigenvalue weighted by Crippen LogP contribution is -2.18. The van der Waals surface area contributed by atoms with E-state index >= 15 is 0 Å². The van der Waals surface area contributed by atoms with Gasteiger partial charge < -0.3 is 10.0 Å². The van der Waals surface area contributed by atoms with Gasteiger partial charge in [-0.1, -0.05) is 12.1 Å². The highest BCUT2D eigenvalue weighted by molar-refractivity contribution is 5.95. The molecule has 100 valence electrons. The normalized spacial score (nSPS) is 10.5. The van der Waals surface area contributed by atoms with Crippen molar-refractivity contribution in [3.05, 3.63) is 41.3 Å². The highest BCUT2D eigenvalue weighted by atomic mass is 19.1. The summed E-state index contributed by atoms with van der Waals surface area (Å²) in [6.07, 6.45) is 0. The molecule has 0 aliphatic heterocycles. The molecule has 2 aromatic rings. The van der Waals surface area contributed by atoms with Gasteiger partial charge in [-0.15, -0.1) is 0 Å². The van der Waals surface area contributed by atoms with Crippen LogP contribution in [0.15, 0.2) is 24.3 Å². The van der Waals surface area contributed by atoms with Crippen LogP contribution in [0.5, 0.6) is 0 Å². The molecule has 0 atom stereocenters. The fraction of sp³-hybridized carbons (Fsp3) is 0.231. The van der Waals surface area contributed by atoms with Crippen LogP contribution in [0.4, 0.5) is 15.9 Å². The predicted octanol–water partition coefficient (Wildman–Crippen LogP) is 2.33. The van der Waals surface area contributed by atoms with Crippen LogP contribution in [0.1, 0.15) is 16.1 Å². The summed E-state index contributed by atoms with van der Waals surface area (Å²) >= 11 is 0. The first kappa shape index (κ1) is 13.1. The van der Waals surface area contributed by atoms with Crippen LogP contribution >= 0.6 is 0 Å². The van der Waals surface area contributed by atoms with Crippen molar-refractivity contribution >= 4 is 17.5 Å². The number of benzene rings is 1. The van der Waals surface area contributed by atoms with Crippen LogP contribution in [-0.4, -0.2) is 27.9 Å². The third-order valence-electron chi connectivity index (χ3n) is 2.94. The van der Waals surface area contributed by atoms with Gasteiger partial charge in [0.1, 0.15) is 17.2 Å². The van der Waals surface area contributed by atoms with Gasteiger partial charge in [-0.25, -0.2) is 9.18 Å². The summed E-state index contributed by atoms with van der Waals surface area (Å²) in [6, 6.07) is 6.19. The van der Waals surface area contributed by atoms with Crippen molar-refractivity contribution in [2.24, 2.45) is 7.05 Å². The second kappa shape index (κ2) is 4.72. The van der Waals surface area contributed by atoms with Gasteiger partial charge in [0.05, 0.1) is 11.4 Å². The van der Waals surface area contributed by atoms with Crippen molar-refractivity contribution in [3.8, 4) is 0 Å². The lowest BCUT2D eigenvalue weighted by molar-refractivity contribution is 0.0697. The van der Waals surface area contributed by atoms with E-state index in [2.05, 4.69) is 5.10 Å². The van der Waals surface area contributed by atoms with Crippen molar-refractivity contribution in [1.29, 1.82) is 0 Å². The minimum absolute atomic E-state index is 0.0771.